The van der Waals surface area contributed by atoms with E-state index in [1.807, 2.05) is 0 Å². The van der Waals surface area contributed by atoms with Crippen LogP contribution in [0.5, 0.6) is 0 Å². The first-order chi connectivity index (χ1) is 5.95. The number of amides is 4. The van der Waals surface area contributed by atoms with Crippen molar-refractivity contribution in [2.24, 2.45) is 11.5 Å². The SMILES string of the molecule is NC(=O)NO.NC(=O)NO.[Cl][Ni][Cl]. The Labute approximate surface area is 87.8 Å². The van der Waals surface area contributed by atoms with E-state index in [0.29, 0.717) is 12.7 Å². The first-order valence-electron chi connectivity index (χ1n) is 2.17. The van der Waals surface area contributed by atoms with Crippen LogP contribution in [0, 0.1) is 0 Å². The third-order valence-corrected chi connectivity index (χ3v) is 0.220. The molecule has 0 aliphatic carbocycles. The van der Waals surface area contributed by atoms with Crippen LogP contribution >= 0.6 is 20.4 Å². The summed E-state index contributed by atoms with van der Waals surface area (Å²) in [5.41, 5.74) is 10.9. The van der Waals surface area contributed by atoms with E-state index in [0.717, 1.165) is 0 Å². The van der Waals surface area contributed by atoms with Crippen LogP contribution in [-0.4, -0.2) is 22.5 Å². The van der Waals surface area contributed by atoms with Gasteiger partial charge in [0, 0.05) is 0 Å². The zero-order valence-corrected chi connectivity index (χ0v) is 8.44. The zero-order chi connectivity index (χ0) is 11.3. The van der Waals surface area contributed by atoms with Gasteiger partial charge >= 0.3 is 45.1 Å². The summed E-state index contributed by atoms with van der Waals surface area (Å²) in [4.78, 5) is 18.5. The molecule has 0 unspecified atom stereocenters. The molecule has 13 heavy (non-hydrogen) atoms. The van der Waals surface area contributed by atoms with Crippen molar-refractivity contribution in [3.63, 3.8) is 0 Å². The van der Waals surface area contributed by atoms with Gasteiger partial charge in [-0.3, -0.25) is 10.4 Å². The monoisotopic (exact) mass is 280 g/mol. The van der Waals surface area contributed by atoms with Gasteiger partial charge in [-0.1, -0.05) is 0 Å². The average Bonchev–Trinajstić information content (AvgIpc) is 2.07. The Hall–Kier alpha value is -0.466. The summed E-state index contributed by atoms with van der Waals surface area (Å²) in [5, 5.41) is 14.8. The van der Waals surface area contributed by atoms with Gasteiger partial charge in [0.05, 0.1) is 0 Å². The molecule has 8 N–H and O–H groups in total. The number of hydroxylamine groups is 2. The summed E-state index contributed by atoms with van der Waals surface area (Å²) in [6.07, 6.45) is 0. The second-order valence-corrected chi connectivity index (χ2v) is 2.63. The van der Waals surface area contributed by atoms with Crippen molar-refractivity contribution >= 4 is 32.5 Å². The zero-order valence-electron chi connectivity index (χ0n) is 5.94. The van der Waals surface area contributed by atoms with Gasteiger partial charge in [0.2, 0.25) is 0 Å². The predicted octanol–water partition coefficient (Wildman–Crippen LogP) is -0.536. The van der Waals surface area contributed by atoms with E-state index in [1.165, 1.54) is 11.0 Å². The van der Waals surface area contributed by atoms with E-state index in [1.54, 1.807) is 0 Å². The van der Waals surface area contributed by atoms with Gasteiger partial charge in [-0.15, -0.1) is 0 Å². The molecule has 8 nitrogen and oxygen atoms in total. The van der Waals surface area contributed by atoms with E-state index in [9.17, 15) is 9.59 Å². The Kier molecular flexibility index (Phi) is 24.8. The fourth-order valence-corrected chi connectivity index (χ4v) is 0. The molecule has 0 fully saturated rings. The number of hydrogen-bond donors (Lipinski definition) is 6. The van der Waals surface area contributed by atoms with Crippen LogP contribution in [0.3, 0.4) is 0 Å². The third-order valence-electron chi connectivity index (χ3n) is 0.220. The standard InChI is InChI=1S/2CH4N2O2.2ClH.Ni/c2*2-1(4)3-5;;;/h2*5H,(H3,2,3,4);2*1H;/q;;;;+2/p-2. The molecule has 0 saturated carbocycles. The minimum atomic E-state index is -0.940. The number of nitrogens with two attached hydrogens (primary N) is 2. The Morgan fingerprint density at radius 3 is 1.15 bits per heavy atom. The van der Waals surface area contributed by atoms with E-state index >= 15 is 0 Å². The Bertz CT molecular complexity index is 123. The van der Waals surface area contributed by atoms with Crippen LogP contribution in [0.15, 0.2) is 0 Å². The normalized spacial score (nSPS) is 6.77. The van der Waals surface area contributed by atoms with Crippen LogP contribution < -0.4 is 22.4 Å². The van der Waals surface area contributed by atoms with E-state index in [4.69, 9.17) is 30.8 Å². The van der Waals surface area contributed by atoms with Gasteiger partial charge < -0.3 is 11.5 Å². The van der Waals surface area contributed by atoms with Gasteiger partial charge in [0.1, 0.15) is 0 Å². The Morgan fingerprint density at radius 2 is 1.15 bits per heavy atom. The van der Waals surface area contributed by atoms with Crippen LogP contribution in [-0.2, 0) is 12.7 Å². The molecular formula is C2H8Cl2N4NiO4. The van der Waals surface area contributed by atoms with Gasteiger partial charge in [0.15, 0.2) is 0 Å². The summed E-state index contributed by atoms with van der Waals surface area (Å²) in [6.45, 7) is 0. The van der Waals surface area contributed by atoms with E-state index in [2.05, 4.69) is 11.5 Å². The summed E-state index contributed by atoms with van der Waals surface area (Å²) < 4.78 is 0. The molecule has 0 spiro atoms. The second-order valence-electron chi connectivity index (χ2n) is 0.997. The molecule has 0 aromatic heterocycles. The van der Waals surface area contributed by atoms with Crippen molar-refractivity contribution in [3.8, 4) is 0 Å². The number of nitrogens with one attached hydrogen (secondary N) is 2. The van der Waals surface area contributed by atoms with Gasteiger partial charge in [-0.2, -0.15) is 0 Å². The fraction of sp³-hybridized carbons (Fsp3) is 0. The summed E-state index contributed by atoms with van der Waals surface area (Å²) in [6, 6.07) is -1.88. The third kappa shape index (κ3) is 84.0. The summed E-state index contributed by atoms with van der Waals surface area (Å²) >= 11 is 0.569. The van der Waals surface area contributed by atoms with Crippen LogP contribution in [0.2, 0.25) is 0 Å². The first-order valence-corrected chi connectivity index (χ1v) is 4.89. The maximum atomic E-state index is 9.23. The predicted molar refractivity (Wildman–Crippen MR) is 40.7 cm³/mol. The topological polar surface area (TPSA) is 151 Å². The molecule has 0 atom stereocenters. The molecule has 0 radical (unpaired) electrons. The van der Waals surface area contributed by atoms with Crippen molar-refractivity contribution in [2.75, 3.05) is 0 Å². The summed E-state index contributed by atoms with van der Waals surface area (Å²) in [7, 11) is 9.40. The number of rotatable bonds is 0. The van der Waals surface area contributed by atoms with Crippen molar-refractivity contribution < 1.29 is 32.7 Å². The first kappa shape index (κ1) is 18.3. The van der Waals surface area contributed by atoms with Crippen molar-refractivity contribution in [1.82, 2.24) is 11.0 Å². The second kappa shape index (κ2) is 17.6. The molecule has 0 saturated heterocycles. The number of primary amides is 2. The Balaban J connectivity index is -0.000000120. The van der Waals surface area contributed by atoms with Gasteiger partial charge in [0.25, 0.3) is 0 Å². The molecule has 0 aliphatic heterocycles. The van der Waals surface area contributed by atoms with Crippen molar-refractivity contribution in [1.29, 1.82) is 0 Å². The maximum absolute atomic E-state index is 9.23. The number of halogens is 2. The number of carbonyl (C=O) groups excluding carboxylic acids is 2. The van der Waals surface area contributed by atoms with Gasteiger partial charge in [-0.25, -0.2) is 20.5 Å². The van der Waals surface area contributed by atoms with E-state index in [-0.39, 0.29) is 0 Å². The molecule has 11 heteroatoms. The average molecular weight is 282 g/mol. The Morgan fingerprint density at radius 1 is 1.08 bits per heavy atom. The molecule has 0 aromatic rings. The molecule has 0 aromatic carbocycles. The quantitative estimate of drug-likeness (QED) is 0.201. The fourth-order valence-electron chi connectivity index (χ4n) is 0. The minimum absolute atomic E-state index is 0.569. The molecular weight excluding hydrogens is 274 g/mol. The molecule has 4 amide bonds. The summed E-state index contributed by atoms with van der Waals surface area (Å²) in [5.74, 6) is 0. The van der Waals surface area contributed by atoms with Crippen molar-refractivity contribution in [2.45, 2.75) is 0 Å². The molecule has 0 aliphatic rings. The van der Waals surface area contributed by atoms with E-state index < -0.39 is 12.1 Å². The number of carbonyl (C=O) groups is 2. The molecule has 0 bridgehead atoms. The number of hydrogen-bond acceptors (Lipinski definition) is 4. The molecule has 0 rings (SSSR count). The van der Waals surface area contributed by atoms with Crippen molar-refractivity contribution in [3.05, 3.63) is 0 Å². The van der Waals surface area contributed by atoms with Gasteiger partial charge in [-0.05, 0) is 0 Å². The number of urea groups is 2. The molecule has 84 valence electrons. The van der Waals surface area contributed by atoms with Crippen LogP contribution in [0.25, 0.3) is 0 Å². The van der Waals surface area contributed by atoms with Crippen LogP contribution in [0.4, 0.5) is 9.59 Å². The van der Waals surface area contributed by atoms with Crippen LogP contribution in [0.1, 0.15) is 0 Å². The molecule has 0 heterocycles.